The predicted octanol–water partition coefficient (Wildman–Crippen LogP) is 3.94. The van der Waals surface area contributed by atoms with Gasteiger partial charge < -0.3 is 5.32 Å². The number of carbonyl (C=O) groups excluding carboxylic acids is 1. The molecule has 5 nitrogen and oxygen atoms in total. The zero-order valence-electron chi connectivity index (χ0n) is 17.2. The van der Waals surface area contributed by atoms with Gasteiger partial charge in [0, 0.05) is 10.6 Å². The first-order valence-corrected chi connectivity index (χ1v) is 11.8. The van der Waals surface area contributed by atoms with E-state index in [-0.39, 0.29) is 11.5 Å². The summed E-state index contributed by atoms with van der Waals surface area (Å²) in [4.78, 5) is 33.1. The second kappa shape index (κ2) is 8.53. The number of fused-ring (bicyclic) bond motifs is 1. The summed E-state index contributed by atoms with van der Waals surface area (Å²) < 4.78 is 2.25. The zero-order valence-corrected chi connectivity index (χ0v) is 18.8. The van der Waals surface area contributed by atoms with E-state index < -0.39 is 6.04 Å². The molecule has 5 rings (SSSR count). The maximum Gasteiger partial charge on any atom is 0.271 e. The number of allylic oxidation sites excluding steroid dienone is 1. The third-order valence-electron chi connectivity index (χ3n) is 5.23. The molecular formula is C25H19N3O2S2. The topological polar surface area (TPSA) is 63.5 Å². The van der Waals surface area contributed by atoms with Gasteiger partial charge in [0.2, 0.25) is 0 Å². The molecule has 1 N–H and O–H groups in total. The molecule has 0 saturated heterocycles. The number of para-hydroxylation sites is 1. The number of rotatable bonds is 4. The number of nitrogens with one attached hydrogen (secondary N) is 1. The zero-order chi connectivity index (χ0) is 22.1. The highest BCUT2D eigenvalue weighted by atomic mass is 32.1. The lowest BCUT2D eigenvalue weighted by Crippen LogP contribution is -2.40. The van der Waals surface area contributed by atoms with Crippen molar-refractivity contribution in [1.29, 1.82) is 0 Å². The summed E-state index contributed by atoms with van der Waals surface area (Å²) in [5, 5.41) is 4.94. The fraction of sp³-hybridized carbons (Fsp3) is 0.0800. The quantitative estimate of drug-likeness (QED) is 0.505. The van der Waals surface area contributed by atoms with Crippen LogP contribution in [0.3, 0.4) is 0 Å². The minimum Gasteiger partial charge on any atom is -0.322 e. The normalized spacial score (nSPS) is 15.9. The van der Waals surface area contributed by atoms with Gasteiger partial charge in [0.05, 0.1) is 21.8 Å². The smallest absolute Gasteiger partial charge is 0.271 e. The monoisotopic (exact) mass is 457 g/mol. The van der Waals surface area contributed by atoms with Crippen molar-refractivity contribution in [3.63, 3.8) is 0 Å². The first-order valence-electron chi connectivity index (χ1n) is 10.1. The van der Waals surface area contributed by atoms with Gasteiger partial charge in [0.1, 0.15) is 0 Å². The molecule has 3 heterocycles. The largest absolute Gasteiger partial charge is 0.322 e. The Balaban J connectivity index is 1.68. The van der Waals surface area contributed by atoms with Gasteiger partial charge in [0.15, 0.2) is 4.80 Å². The average molecular weight is 458 g/mol. The summed E-state index contributed by atoms with van der Waals surface area (Å²) in [6.45, 7) is 1.83. The molecule has 7 heteroatoms. The van der Waals surface area contributed by atoms with Gasteiger partial charge in [0.25, 0.3) is 11.5 Å². The van der Waals surface area contributed by atoms with Crippen molar-refractivity contribution < 1.29 is 4.79 Å². The van der Waals surface area contributed by atoms with Crippen LogP contribution in [-0.2, 0) is 4.79 Å². The average Bonchev–Trinajstić information content (AvgIpc) is 3.42. The summed E-state index contributed by atoms with van der Waals surface area (Å²) in [5.74, 6) is -0.265. The van der Waals surface area contributed by atoms with E-state index in [1.165, 1.54) is 11.3 Å². The molecule has 0 saturated carbocycles. The van der Waals surface area contributed by atoms with Crippen molar-refractivity contribution >= 4 is 40.3 Å². The third-order valence-corrected chi connectivity index (χ3v) is 7.03. The number of amides is 1. The molecule has 1 aliphatic heterocycles. The van der Waals surface area contributed by atoms with Gasteiger partial charge >= 0.3 is 0 Å². The molecule has 0 unspecified atom stereocenters. The van der Waals surface area contributed by atoms with Crippen molar-refractivity contribution in [3.05, 3.63) is 120 Å². The van der Waals surface area contributed by atoms with Gasteiger partial charge in [-0.1, -0.05) is 65.9 Å². The Labute approximate surface area is 192 Å². The lowest BCUT2D eigenvalue weighted by Gasteiger charge is -2.25. The Kier molecular flexibility index (Phi) is 5.43. The summed E-state index contributed by atoms with van der Waals surface area (Å²) >= 11 is 2.92. The Hall–Kier alpha value is -3.55. The number of anilines is 1. The molecule has 2 aromatic carbocycles. The van der Waals surface area contributed by atoms with Crippen LogP contribution in [0.2, 0.25) is 0 Å². The first kappa shape index (κ1) is 20.4. The van der Waals surface area contributed by atoms with Crippen molar-refractivity contribution in [2.75, 3.05) is 5.32 Å². The molecule has 0 fully saturated rings. The Morgan fingerprint density at radius 1 is 1.03 bits per heavy atom. The highest BCUT2D eigenvalue weighted by molar-refractivity contribution is 7.11. The van der Waals surface area contributed by atoms with Gasteiger partial charge in [-0.2, -0.15) is 0 Å². The molecule has 1 aliphatic rings. The van der Waals surface area contributed by atoms with Crippen LogP contribution >= 0.6 is 22.7 Å². The summed E-state index contributed by atoms with van der Waals surface area (Å²) in [6.07, 6.45) is 1.89. The molecule has 0 bridgehead atoms. The fourth-order valence-electron chi connectivity index (χ4n) is 3.79. The molecular weight excluding hydrogens is 438 g/mol. The van der Waals surface area contributed by atoms with Crippen molar-refractivity contribution in [3.8, 4) is 0 Å². The maximum atomic E-state index is 13.5. The Morgan fingerprint density at radius 2 is 1.75 bits per heavy atom. The van der Waals surface area contributed by atoms with Crippen LogP contribution in [0.4, 0.5) is 5.69 Å². The minimum absolute atomic E-state index is 0.145. The molecule has 0 aliphatic carbocycles. The summed E-state index contributed by atoms with van der Waals surface area (Å²) in [7, 11) is 0. The van der Waals surface area contributed by atoms with Crippen molar-refractivity contribution in [2.24, 2.45) is 4.99 Å². The molecule has 1 atom stereocenters. The van der Waals surface area contributed by atoms with E-state index in [2.05, 4.69) is 10.3 Å². The fourth-order valence-corrected chi connectivity index (χ4v) is 5.55. The molecule has 0 spiro atoms. The number of thiazole rings is 1. The second-order valence-electron chi connectivity index (χ2n) is 7.33. The van der Waals surface area contributed by atoms with Gasteiger partial charge in [-0.15, -0.1) is 11.3 Å². The van der Waals surface area contributed by atoms with E-state index in [0.717, 1.165) is 10.4 Å². The number of hydrogen-bond donors (Lipinski definition) is 1. The molecule has 4 aromatic rings. The molecule has 32 heavy (non-hydrogen) atoms. The third kappa shape index (κ3) is 3.77. The van der Waals surface area contributed by atoms with E-state index in [9.17, 15) is 9.59 Å². The van der Waals surface area contributed by atoms with E-state index in [4.69, 9.17) is 0 Å². The van der Waals surface area contributed by atoms with Gasteiger partial charge in [-0.05, 0) is 42.1 Å². The molecule has 1 amide bonds. The summed E-state index contributed by atoms with van der Waals surface area (Å²) in [6, 6.07) is 22.3. The van der Waals surface area contributed by atoms with Crippen molar-refractivity contribution in [2.45, 2.75) is 13.0 Å². The highest BCUT2D eigenvalue weighted by Gasteiger charge is 2.32. The maximum absolute atomic E-state index is 13.5. The SMILES string of the molecule is CC1=C(C(=O)Nc2ccccc2)[C@H](c2ccccc2)n2c(s/c(=C\c3cccs3)c2=O)=N1. The number of hydrogen-bond acceptors (Lipinski definition) is 5. The molecule has 158 valence electrons. The minimum atomic E-state index is -0.554. The van der Waals surface area contributed by atoms with Crippen LogP contribution in [0.15, 0.2) is 99.2 Å². The Morgan fingerprint density at radius 3 is 2.44 bits per heavy atom. The standard InChI is InChI=1S/C25H19N3O2S2/c1-16-21(23(29)27-18-11-6-3-7-12-18)22(17-9-4-2-5-10-17)28-24(30)20(32-25(28)26-16)15-19-13-8-14-31-19/h2-15,22H,1H3,(H,27,29)/b20-15-/t22-/m0/s1. The summed E-state index contributed by atoms with van der Waals surface area (Å²) in [5.41, 5.74) is 2.49. The number of thiophene rings is 1. The van der Waals surface area contributed by atoms with E-state index in [1.807, 2.05) is 91.2 Å². The van der Waals surface area contributed by atoms with Crippen LogP contribution in [0.25, 0.3) is 6.08 Å². The predicted molar refractivity (Wildman–Crippen MR) is 130 cm³/mol. The van der Waals surface area contributed by atoms with Gasteiger partial charge in [-0.25, -0.2) is 4.99 Å². The molecule has 0 radical (unpaired) electrons. The van der Waals surface area contributed by atoms with E-state index in [1.54, 1.807) is 15.9 Å². The van der Waals surface area contributed by atoms with Crippen LogP contribution in [0.1, 0.15) is 23.4 Å². The Bertz CT molecular complexity index is 1480. The van der Waals surface area contributed by atoms with Crippen LogP contribution < -0.4 is 20.2 Å². The molecule has 2 aromatic heterocycles. The number of benzene rings is 2. The van der Waals surface area contributed by atoms with Gasteiger partial charge in [-0.3, -0.25) is 14.2 Å². The number of nitrogens with zero attached hydrogens (tertiary/aromatic N) is 2. The number of carbonyl (C=O) groups is 1. The van der Waals surface area contributed by atoms with Crippen LogP contribution in [0.5, 0.6) is 0 Å². The number of aromatic nitrogens is 1. The van der Waals surface area contributed by atoms with Crippen LogP contribution in [-0.4, -0.2) is 10.5 Å². The second-order valence-corrected chi connectivity index (χ2v) is 9.32. The van der Waals surface area contributed by atoms with E-state index >= 15 is 0 Å². The lowest BCUT2D eigenvalue weighted by atomic mass is 9.95. The van der Waals surface area contributed by atoms with Crippen LogP contribution in [0, 0.1) is 0 Å². The first-order chi connectivity index (χ1) is 15.6. The highest BCUT2D eigenvalue weighted by Crippen LogP contribution is 2.30. The lowest BCUT2D eigenvalue weighted by molar-refractivity contribution is -0.113. The van der Waals surface area contributed by atoms with Crippen molar-refractivity contribution in [1.82, 2.24) is 4.57 Å². The van der Waals surface area contributed by atoms with E-state index in [0.29, 0.717) is 26.3 Å².